The van der Waals surface area contributed by atoms with E-state index in [0.29, 0.717) is 12.0 Å². The van der Waals surface area contributed by atoms with E-state index in [-0.39, 0.29) is 12.5 Å². The van der Waals surface area contributed by atoms with Crippen molar-refractivity contribution in [3.05, 3.63) is 0 Å². The van der Waals surface area contributed by atoms with Crippen molar-refractivity contribution < 1.29 is 9.90 Å². The maximum atomic E-state index is 11.3. The number of aliphatic hydroxyl groups excluding tert-OH is 1. The van der Waals surface area contributed by atoms with E-state index in [1.807, 2.05) is 0 Å². The second-order valence-electron chi connectivity index (χ2n) is 5.09. The number of likely N-dealkylation sites (N-methyl/N-ethyl adjacent to an activating group) is 1. The van der Waals surface area contributed by atoms with Gasteiger partial charge in [0.1, 0.15) is 6.61 Å². The van der Waals surface area contributed by atoms with Crippen molar-refractivity contribution in [3.63, 3.8) is 0 Å². The first-order valence-corrected chi connectivity index (χ1v) is 6.13. The molecule has 0 spiro atoms. The van der Waals surface area contributed by atoms with Crippen LogP contribution in [0.25, 0.3) is 0 Å². The molecule has 1 saturated heterocycles. The van der Waals surface area contributed by atoms with E-state index in [4.69, 9.17) is 5.11 Å². The molecule has 94 valence electrons. The summed E-state index contributed by atoms with van der Waals surface area (Å²) in [5.74, 6) is 0.538. The maximum absolute atomic E-state index is 11.3. The van der Waals surface area contributed by atoms with E-state index in [0.717, 1.165) is 32.5 Å². The summed E-state index contributed by atoms with van der Waals surface area (Å²) >= 11 is 0. The molecule has 1 aliphatic heterocycles. The van der Waals surface area contributed by atoms with Gasteiger partial charge in [0, 0.05) is 32.7 Å². The van der Waals surface area contributed by atoms with Gasteiger partial charge in [-0.1, -0.05) is 13.8 Å². The number of rotatable bonds is 4. The van der Waals surface area contributed by atoms with Gasteiger partial charge in [0.15, 0.2) is 0 Å². The Kier molecular flexibility index (Phi) is 5.22. The maximum Gasteiger partial charge on any atom is 0.248 e. The fourth-order valence-electron chi connectivity index (χ4n) is 2.32. The van der Waals surface area contributed by atoms with E-state index in [2.05, 4.69) is 18.7 Å². The van der Waals surface area contributed by atoms with Gasteiger partial charge >= 0.3 is 0 Å². The third-order valence-corrected chi connectivity index (χ3v) is 3.26. The predicted octanol–water partition coefficient (Wildman–Crippen LogP) is 0.557. The van der Waals surface area contributed by atoms with E-state index >= 15 is 0 Å². The van der Waals surface area contributed by atoms with Crippen molar-refractivity contribution in [1.82, 2.24) is 9.80 Å². The second-order valence-corrected chi connectivity index (χ2v) is 5.09. The number of piperidine rings is 1. The number of hydrogen-bond acceptors (Lipinski definition) is 3. The van der Waals surface area contributed by atoms with Crippen LogP contribution in [-0.4, -0.2) is 60.1 Å². The van der Waals surface area contributed by atoms with Crippen LogP contribution in [0.4, 0.5) is 0 Å². The number of likely N-dealkylation sites (tertiary alicyclic amines) is 1. The summed E-state index contributed by atoms with van der Waals surface area (Å²) in [5.41, 5.74) is 0. The van der Waals surface area contributed by atoms with Gasteiger partial charge in [0.2, 0.25) is 5.91 Å². The summed E-state index contributed by atoms with van der Waals surface area (Å²) in [6, 6.07) is 0.308. The van der Waals surface area contributed by atoms with Gasteiger partial charge in [-0.15, -0.1) is 0 Å². The lowest BCUT2D eigenvalue weighted by Gasteiger charge is -2.37. The van der Waals surface area contributed by atoms with Gasteiger partial charge in [-0.25, -0.2) is 0 Å². The first-order valence-electron chi connectivity index (χ1n) is 6.13. The normalized spacial score (nSPS) is 19.1. The molecule has 0 bridgehead atoms. The molecule has 0 aromatic rings. The third kappa shape index (κ3) is 3.76. The van der Waals surface area contributed by atoms with E-state index in [1.54, 1.807) is 11.9 Å². The highest BCUT2D eigenvalue weighted by Gasteiger charge is 2.24. The summed E-state index contributed by atoms with van der Waals surface area (Å²) in [5, 5.41) is 8.81. The topological polar surface area (TPSA) is 43.8 Å². The standard InChI is InChI=1S/C12H24N2O2/c1-10(2)8-14-6-4-11(5-7-14)13(3)12(16)9-15/h10-11,15H,4-9H2,1-3H3. The molecule has 0 aromatic heterocycles. The minimum Gasteiger partial charge on any atom is -0.387 e. The van der Waals surface area contributed by atoms with Crippen molar-refractivity contribution >= 4 is 5.91 Å². The lowest BCUT2D eigenvalue weighted by molar-refractivity contribution is -0.135. The number of carbonyl (C=O) groups excluding carboxylic acids is 1. The Labute approximate surface area is 98.2 Å². The van der Waals surface area contributed by atoms with Crippen LogP contribution in [0, 0.1) is 5.92 Å². The smallest absolute Gasteiger partial charge is 0.248 e. The van der Waals surface area contributed by atoms with Gasteiger partial charge in [-0.2, -0.15) is 0 Å². The summed E-state index contributed by atoms with van der Waals surface area (Å²) in [4.78, 5) is 15.5. The van der Waals surface area contributed by atoms with Gasteiger partial charge in [-0.3, -0.25) is 4.79 Å². The highest BCUT2D eigenvalue weighted by atomic mass is 16.3. The molecule has 1 heterocycles. The number of aliphatic hydroxyl groups is 1. The molecule has 0 atom stereocenters. The molecule has 1 amide bonds. The summed E-state index contributed by atoms with van der Waals surface area (Å²) < 4.78 is 0. The molecule has 0 radical (unpaired) electrons. The molecule has 0 aliphatic carbocycles. The lowest BCUT2D eigenvalue weighted by atomic mass is 10.0. The van der Waals surface area contributed by atoms with Gasteiger partial charge in [-0.05, 0) is 18.8 Å². The number of amides is 1. The summed E-state index contributed by atoms with van der Waals surface area (Å²) in [6.45, 7) is 7.35. The molecule has 1 aliphatic rings. The van der Waals surface area contributed by atoms with Crippen molar-refractivity contribution in [2.45, 2.75) is 32.7 Å². The fraction of sp³-hybridized carbons (Fsp3) is 0.917. The number of carbonyl (C=O) groups is 1. The average molecular weight is 228 g/mol. The van der Waals surface area contributed by atoms with E-state index in [9.17, 15) is 4.79 Å². The van der Waals surface area contributed by atoms with Crippen LogP contribution in [0.1, 0.15) is 26.7 Å². The minimum atomic E-state index is -0.372. The number of nitrogens with zero attached hydrogens (tertiary/aromatic N) is 2. The zero-order valence-electron chi connectivity index (χ0n) is 10.6. The van der Waals surface area contributed by atoms with Crippen LogP contribution in [0.3, 0.4) is 0 Å². The Balaban J connectivity index is 2.34. The second kappa shape index (κ2) is 6.21. The minimum absolute atomic E-state index is 0.165. The Bertz CT molecular complexity index is 223. The van der Waals surface area contributed by atoms with Crippen molar-refractivity contribution in [1.29, 1.82) is 0 Å². The first kappa shape index (κ1) is 13.5. The molecule has 0 unspecified atom stereocenters. The van der Waals surface area contributed by atoms with Crippen LogP contribution in [-0.2, 0) is 4.79 Å². The Morgan fingerprint density at radius 2 is 2.00 bits per heavy atom. The summed E-state index contributed by atoms with van der Waals surface area (Å²) in [7, 11) is 1.79. The predicted molar refractivity (Wildman–Crippen MR) is 64.2 cm³/mol. The summed E-state index contributed by atoms with van der Waals surface area (Å²) in [6.07, 6.45) is 2.05. The molecule has 0 saturated carbocycles. The Morgan fingerprint density at radius 3 is 2.44 bits per heavy atom. The zero-order chi connectivity index (χ0) is 12.1. The first-order chi connectivity index (χ1) is 7.54. The molecule has 4 nitrogen and oxygen atoms in total. The van der Waals surface area contributed by atoms with Gasteiger partial charge in [0.25, 0.3) is 0 Å². The third-order valence-electron chi connectivity index (χ3n) is 3.26. The molecular weight excluding hydrogens is 204 g/mol. The van der Waals surface area contributed by atoms with Crippen LogP contribution in [0.15, 0.2) is 0 Å². The molecule has 0 aromatic carbocycles. The van der Waals surface area contributed by atoms with Crippen LogP contribution in [0.2, 0.25) is 0 Å². The fourth-order valence-corrected chi connectivity index (χ4v) is 2.32. The molecule has 1 fully saturated rings. The van der Waals surface area contributed by atoms with Crippen molar-refractivity contribution in [2.24, 2.45) is 5.92 Å². The van der Waals surface area contributed by atoms with Crippen molar-refractivity contribution in [3.8, 4) is 0 Å². The van der Waals surface area contributed by atoms with Crippen molar-refractivity contribution in [2.75, 3.05) is 33.3 Å². The van der Waals surface area contributed by atoms with E-state index < -0.39 is 0 Å². The van der Waals surface area contributed by atoms with Crippen LogP contribution < -0.4 is 0 Å². The Hall–Kier alpha value is -0.610. The van der Waals surface area contributed by atoms with Crippen LogP contribution in [0.5, 0.6) is 0 Å². The molecule has 16 heavy (non-hydrogen) atoms. The highest BCUT2D eigenvalue weighted by Crippen LogP contribution is 2.16. The highest BCUT2D eigenvalue weighted by molar-refractivity contribution is 5.77. The average Bonchev–Trinajstić information content (AvgIpc) is 2.27. The SMILES string of the molecule is CC(C)CN1CCC(N(C)C(=O)CO)CC1. The van der Waals surface area contributed by atoms with Gasteiger partial charge in [0.05, 0.1) is 0 Å². The lowest BCUT2D eigenvalue weighted by Crippen LogP contribution is -2.47. The monoisotopic (exact) mass is 228 g/mol. The van der Waals surface area contributed by atoms with E-state index in [1.165, 1.54) is 0 Å². The Morgan fingerprint density at radius 1 is 1.44 bits per heavy atom. The largest absolute Gasteiger partial charge is 0.387 e. The quantitative estimate of drug-likeness (QED) is 0.764. The molecule has 4 heteroatoms. The number of hydrogen-bond donors (Lipinski definition) is 1. The van der Waals surface area contributed by atoms with Gasteiger partial charge < -0.3 is 14.9 Å². The zero-order valence-corrected chi connectivity index (χ0v) is 10.6. The molecule has 1 rings (SSSR count). The molecular formula is C12H24N2O2. The van der Waals surface area contributed by atoms with Crippen LogP contribution >= 0.6 is 0 Å². The molecule has 1 N–H and O–H groups in total.